The van der Waals surface area contributed by atoms with Crippen LogP contribution in [0.25, 0.3) is 78.2 Å². The van der Waals surface area contributed by atoms with E-state index in [1.165, 1.54) is 0 Å². The summed E-state index contributed by atoms with van der Waals surface area (Å²) in [6.45, 7) is 0. The van der Waals surface area contributed by atoms with Gasteiger partial charge in [-0.1, -0.05) is 115 Å². The second kappa shape index (κ2) is 11.0. The van der Waals surface area contributed by atoms with Crippen LogP contribution in [0.3, 0.4) is 0 Å². The minimum absolute atomic E-state index is 0.625. The molecule has 0 amide bonds. The molecule has 3 aromatic heterocycles. The molecule has 0 saturated heterocycles. The molecule has 0 unspecified atom stereocenters. The molecule has 0 saturated carbocycles. The SMILES string of the molecule is c1ccc(-c2nc(-c3ccc(-c4cnc5ccccc5c4)cc3)nc(-c3ccc(-c4cnc5ccccc5c4)cc3)n2)cc1. The van der Waals surface area contributed by atoms with Crippen LogP contribution in [0, 0.1) is 0 Å². The zero-order valence-corrected chi connectivity index (χ0v) is 23.7. The fraction of sp³-hybridized carbons (Fsp3) is 0. The molecular weight excluding hydrogens is 538 g/mol. The lowest BCUT2D eigenvalue weighted by atomic mass is 10.0. The number of hydrogen-bond acceptors (Lipinski definition) is 5. The van der Waals surface area contributed by atoms with Gasteiger partial charge < -0.3 is 0 Å². The quantitative estimate of drug-likeness (QED) is 0.209. The van der Waals surface area contributed by atoms with Crippen molar-refractivity contribution in [3.05, 3.63) is 152 Å². The molecule has 0 aliphatic rings. The van der Waals surface area contributed by atoms with Crippen molar-refractivity contribution in [1.29, 1.82) is 0 Å². The van der Waals surface area contributed by atoms with Crippen molar-refractivity contribution >= 4 is 21.8 Å². The molecule has 0 N–H and O–H groups in total. The molecule has 5 aromatic carbocycles. The Kier molecular flexibility index (Phi) is 6.39. The molecule has 0 fully saturated rings. The Hall–Kier alpha value is -6.07. The van der Waals surface area contributed by atoms with Crippen LogP contribution in [-0.4, -0.2) is 24.9 Å². The monoisotopic (exact) mass is 563 g/mol. The van der Waals surface area contributed by atoms with Gasteiger partial charge in [0.2, 0.25) is 0 Å². The van der Waals surface area contributed by atoms with E-state index in [2.05, 4.69) is 82.8 Å². The molecule has 8 aromatic rings. The highest BCUT2D eigenvalue weighted by Gasteiger charge is 2.13. The average molecular weight is 564 g/mol. The van der Waals surface area contributed by atoms with Gasteiger partial charge in [0.25, 0.3) is 0 Å². The van der Waals surface area contributed by atoms with Gasteiger partial charge >= 0.3 is 0 Å². The maximum atomic E-state index is 4.94. The van der Waals surface area contributed by atoms with Gasteiger partial charge in [-0.3, -0.25) is 9.97 Å². The summed E-state index contributed by atoms with van der Waals surface area (Å²) in [7, 11) is 0. The third-order valence-electron chi connectivity index (χ3n) is 7.80. The first-order valence-electron chi connectivity index (χ1n) is 14.5. The van der Waals surface area contributed by atoms with Gasteiger partial charge in [0, 0.05) is 51.0 Å². The van der Waals surface area contributed by atoms with Gasteiger partial charge in [-0.05, 0) is 35.4 Å². The number of pyridine rings is 2. The predicted molar refractivity (Wildman–Crippen MR) is 178 cm³/mol. The fourth-order valence-electron chi connectivity index (χ4n) is 5.43. The normalized spacial score (nSPS) is 11.2. The molecule has 0 aliphatic carbocycles. The number of nitrogens with zero attached hydrogens (tertiary/aromatic N) is 5. The molecule has 0 atom stereocenters. The van der Waals surface area contributed by atoms with E-state index in [1.807, 2.05) is 79.1 Å². The zero-order valence-electron chi connectivity index (χ0n) is 23.7. The minimum atomic E-state index is 0.625. The van der Waals surface area contributed by atoms with Gasteiger partial charge in [-0.25, -0.2) is 15.0 Å². The summed E-state index contributed by atoms with van der Waals surface area (Å²) < 4.78 is 0. The van der Waals surface area contributed by atoms with Crippen LogP contribution in [0.5, 0.6) is 0 Å². The molecule has 5 heteroatoms. The summed E-state index contributed by atoms with van der Waals surface area (Å²) in [4.78, 5) is 24.0. The van der Waals surface area contributed by atoms with Crippen LogP contribution in [0.2, 0.25) is 0 Å². The van der Waals surface area contributed by atoms with E-state index in [9.17, 15) is 0 Å². The van der Waals surface area contributed by atoms with Crippen LogP contribution in [0.4, 0.5) is 0 Å². The molecule has 8 rings (SSSR count). The van der Waals surface area contributed by atoms with Crippen molar-refractivity contribution in [2.75, 3.05) is 0 Å². The summed E-state index contributed by atoms with van der Waals surface area (Å²) in [5.41, 5.74) is 9.06. The van der Waals surface area contributed by atoms with Gasteiger partial charge in [-0.15, -0.1) is 0 Å². The summed E-state index contributed by atoms with van der Waals surface area (Å²) in [6.07, 6.45) is 3.84. The number of para-hydroxylation sites is 2. The zero-order chi connectivity index (χ0) is 29.3. The standard InChI is InChI=1S/C39H25N5/c1-2-8-28(9-3-1)37-42-38(29-18-14-26(15-19-29)33-22-31-10-4-6-12-35(31)40-24-33)44-39(43-37)30-20-16-27(17-21-30)34-23-32-11-5-7-13-36(32)41-25-34/h1-25H. The van der Waals surface area contributed by atoms with Crippen molar-refractivity contribution in [2.45, 2.75) is 0 Å². The Labute approximate surface area is 254 Å². The molecule has 3 heterocycles. The van der Waals surface area contributed by atoms with E-state index in [0.717, 1.165) is 60.8 Å². The Morgan fingerprint density at radius 2 is 0.659 bits per heavy atom. The Balaban J connectivity index is 1.16. The van der Waals surface area contributed by atoms with Crippen molar-refractivity contribution in [2.24, 2.45) is 0 Å². The first kappa shape index (κ1) is 25.6. The van der Waals surface area contributed by atoms with Crippen molar-refractivity contribution in [3.63, 3.8) is 0 Å². The fourth-order valence-corrected chi connectivity index (χ4v) is 5.43. The molecule has 206 valence electrons. The van der Waals surface area contributed by atoms with Gasteiger partial charge in [0.15, 0.2) is 17.5 Å². The Bertz CT molecular complexity index is 2120. The van der Waals surface area contributed by atoms with Gasteiger partial charge in [-0.2, -0.15) is 0 Å². The molecular formula is C39H25N5. The molecule has 0 radical (unpaired) electrons. The van der Waals surface area contributed by atoms with Crippen molar-refractivity contribution in [3.8, 4) is 56.4 Å². The van der Waals surface area contributed by atoms with Crippen LogP contribution < -0.4 is 0 Å². The smallest absolute Gasteiger partial charge is 0.164 e. The lowest BCUT2D eigenvalue weighted by Crippen LogP contribution is -2.00. The van der Waals surface area contributed by atoms with Crippen LogP contribution >= 0.6 is 0 Å². The minimum Gasteiger partial charge on any atom is -0.256 e. The summed E-state index contributed by atoms with van der Waals surface area (Å²) in [5.74, 6) is 1.89. The van der Waals surface area contributed by atoms with Crippen molar-refractivity contribution < 1.29 is 0 Å². The van der Waals surface area contributed by atoms with E-state index in [4.69, 9.17) is 15.0 Å². The van der Waals surface area contributed by atoms with Crippen LogP contribution in [-0.2, 0) is 0 Å². The first-order chi connectivity index (χ1) is 21.8. The van der Waals surface area contributed by atoms with E-state index in [0.29, 0.717) is 17.5 Å². The van der Waals surface area contributed by atoms with E-state index in [1.54, 1.807) is 0 Å². The first-order valence-corrected chi connectivity index (χ1v) is 14.5. The number of hydrogen-bond donors (Lipinski definition) is 0. The van der Waals surface area contributed by atoms with Gasteiger partial charge in [0.1, 0.15) is 0 Å². The Morgan fingerprint density at radius 1 is 0.295 bits per heavy atom. The average Bonchev–Trinajstić information content (AvgIpc) is 3.11. The van der Waals surface area contributed by atoms with Gasteiger partial charge in [0.05, 0.1) is 11.0 Å². The highest BCUT2D eigenvalue weighted by Crippen LogP contribution is 2.30. The highest BCUT2D eigenvalue weighted by atomic mass is 15.0. The second-order valence-electron chi connectivity index (χ2n) is 10.7. The lowest BCUT2D eigenvalue weighted by Gasteiger charge is -2.10. The molecule has 44 heavy (non-hydrogen) atoms. The Morgan fingerprint density at radius 3 is 1.11 bits per heavy atom. The maximum absolute atomic E-state index is 4.94. The topological polar surface area (TPSA) is 64.5 Å². The predicted octanol–water partition coefficient (Wildman–Crippen LogP) is 9.30. The summed E-state index contributed by atoms with van der Waals surface area (Å²) >= 11 is 0. The van der Waals surface area contributed by atoms with Crippen LogP contribution in [0.1, 0.15) is 0 Å². The lowest BCUT2D eigenvalue weighted by molar-refractivity contribution is 1.07. The number of aromatic nitrogens is 5. The van der Waals surface area contributed by atoms with E-state index >= 15 is 0 Å². The van der Waals surface area contributed by atoms with Crippen LogP contribution in [0.15, 0.2) is 152 Å². The maximum Gasteiger partial charge on any atom is 0.164 e. The number of fused-ring (bicyclic) bond motifs is 2. The van der Waals surface area contributed by atoms with E-state index in [-0.39, 0.29) is 0 Å². The van der Waals surface area contributed by atoms with E-state index < -0.39 is 0 Å². The third kappa shape index (κ3) is 4.97. The summed E-state index contributed by atoms with van der Waals surface area (Å²) in [6, 6.07) is 47.3. The second-order valence-corrected chi connectivity index (χ2v) is 10.7. The number of benzene rings is 5. The molecule has 0 bridgehead atoms. The third-order valence-corrected chi connectivity index (χ3v) is 7.80. The molecule has 0 aliphatic heterocycles. The largest absolute Gasteiger partial charge is 0.256 e. The molecule has 5 nitrogen and oxygen atoms in total. The van der Waals surface area contributed by atoms with Crippen molar-refractivity contribution in [1.82, 2.24) is 24.9 Å². The number of rotatable bonds is 5. The highest BCUT2D eigenvalue weighted by molar-refractivity contribution is 5.85. The molecule has 0 spiro atoms. The summed E-state index contributed by atoms with van der Waals surface area (Å²) in [5, 5.41) is 2.23.